The van der Waals surface area contributed by atoms with Gasteiger partial charge in [0.15, 0.2) is 0 Å². The monoisotopic (exact) mass is 299 g/mol. The van der Waals surface area contributed by atoms with E-state index in [0.717, 1.165) is 5.69 Å². The summed E-state index contributed by atoms with van der Waals surface area (Å²) in [5.41, 5.74) is 1.56. The SMILES string of the molecule is CN(Cc1cnccn1)Cc1nnc(-c2ccc(F)cc2)o1. The number of halogens is 1. The molecule has 2 aromatic heterocycles. The van der Waals surface area contributed by atoms with Gasteiger partial charge in [0, 0.05) is 30.7 Å². The average Bonchev–Trinajstić information content (AvgIpc) is 2.97. The Labute approximate surface area is 126 Å². The second-order valence-electron chi connectivity index (χ2n) is 4.88. The molecule has 6 nitrogen and oxygen atoms in total. The molecule has 0 bridgehead atoms. The summed E-state index contributed by atoms with van der Waals surface area (Å²) < 4.78 is 18.5. The first-order valence-electron chi connectivity index (χ1n) is 6.72. The summed E-state index contributed by atoms with van der Waals surface area (Å²) in [6.45, 7) is 1.12. The van der Waals surface area contributed by atoms with E-state index < -0.39 is 0 Å². The topological polar surface area (TPSA) is 67.9 Å². The first kappa shape index (κ1) is 14.3. The quantitative estimate of drug-likeness (QED) is 0.720. The van der Waals surface area contributed by atoms with Crippen LogP contribution >= 0.6 is 0 Å². The Balaban J connectivity index is 1.65. The lowest BCUT2D eigenvalue weighted by Gasteiger charge is -2.12. The van der Waals surface area contributed by atoms with E-state index >= 15 is 0 Å². The van der Waals surface area contributed by atoms with E-state index in [-0.39, 0.29) is 5.82 Å². The molecule has 112 valence electrons. The summed E-state index contributed by atoms with van der Waals surface area (Å²) in [5.74, 6) is 0.570. The summed E-state index contributed by atoms with van der Waals surface area (Å²) in [6, 6.07) is 5.94. The minimum absolute atomic E-state index is 0.299. The van der Waals surface area contributed by atoms with Gasteiger partial charge < -0.3 is 4.42 Å². The Bertz CT molecular complexity index is 729. The van der Waals surface area contributed by atoms with Crippen molar-refractivity contribution in [2.45, 2.75) is 13.1 Å². The number of hydrogen-bond donors (Lipinski definition) is 0. The third-order valence-electron chi connectivity index (χ3n) is 3.01. The first-order valence-corrected chi connectivity index (χ1v) is 6.72. The fraction of sp³-hybridized carbons (Fsp3) is 0.200. The molecule has 0 saturated carbocycles. The van der Waals surface area contributed by atoms with Gasteiger partial charge in [0.05, 0.1) is 12.2 Å². The lowest BCUT2D eigenvalue weighted by Crippen LogP contribution is -2.18. The molecule has 0 aliphatic heterocycles. The van der Waals surface area contributed by atoms with Crippen molar-refractivity contribution in [1.29, 1.82) is 0 Å². The standard InChI is InChI=1S/C15H14FN5O/c1-21(9-13-8-17-6-7-18-13)10-14-19-20-15(22-14)11-2-4-12(16)5-3-11/h2-8H,9-10H2,1H3. The average molecular weight is 299 g/mol. The molecule has 0 aliphatic carbocycles. The summed E-state index contributed by atoms with van der Waals surface area (Å²) >= 11 is 0. The molecule has 0 fully saturated rings. The van der Waals surface area contributed by atoms with Crippen molar-refractivity contribution >= 4 is 0 Å². The molecule has 0 N–H and O–H groups in total. The summed E-state index contributed by atoms with van der Waals surface area (Å²) in [5, 5.41) is 7.99. The number of rotatable bonds is 5. The van der Waals surface area contributed by atoms with Gasteiger partial charge in [-0.25, -0.2) is 4.39 Å². The van der Waals surface area contributed by atoms with Crippen LogP contribution in [-0.2, 0) is 13.1 Å². The molecule has 0 aliphatic rings. The highest BCUT2D eigenvalue weighted by atomic mass is 19.1. The van der Waals surface area contributed by atoms with E-state index in [2.05, 4.69) is 20.2 Å². The van der Waals surface area contributed by atoms with Crippen LogP contribution in [0.3, 0.4) is 0 Å². The van der Waals surface area contributed by atoms with Gasteiger partial charge in [0.1, 0.15) is 5.82 Å². The molecule has 0 unspecified atom stereocenters. The normalized spacial score (nSPS) is 11.0. The van der Waals surface area contributed by atoms with Crippen molar-refractivity contribution in [1.82, 2.24) is 25.1 Å². The zero-order chi connectivity index (χ0) is 15.4. The summed E-state index contributed by atoms with van der Waals surface area (Å²) in [7, 11) is 1.93. The predicted octanol–water partition coefficient (Wildman–Crippen LogP) is 2.30. The minimum Gasteiger partial charge on any atom is -0.419 e. The van der Waals surface area contributed by atoms with E-state index in [1.54, 1.807) is 30.7 Å². The molecule has 7 heteroatoms. The van der Waals surface area contributed by atoms with E-state index in [1.165, 1.54) is 12.1 Å². The lowest BCUT2D eigenvalue weighted by atomic mass is 10.2. The van der Waals surface area contributed by atoms with E-state index in [9.17, 15) is 4.39 Å². The van der Waals surface area contributed by atoms with Gasteiger partial charge in [-0.1, -0.05) is 0 Å². The molecular formula is C15H14FN5O. The molecule has 0 radical (unpaired) electrons. The number of hydrogen-bond acceptors (Lipinski definition) is 6. The van der Waals surface area contributed by atoms with Crippen LogP contribution in [-0.4, -0.2) is 32.1 Å². The molecule has 0 saturated heterocycles. The second-order valence-corrected chi connectivity index (χ2v) is 4.88. The van der Waals surface area contributed by atoms with Crippen molar-refractivity contribution in [3.05, 3.63) is 60.3 Å². The zero-order valence-corrected chi connectivity index (χ0v) is 12.0. The van der Waals surface area contributed by atoms with Gasteiger partial charge in [0.25, 0.3) is 0 Å². The van der Waals surface area contributed by atoms with Gasteiger partial charge in [-0.05, 0) is 31.3 Å². The molecule has 3 rings (SSSR count). The Morgan fingerprint density at radius 1 is 1.09 bits per heavy atom. The van der Waals surface area contributed by atoms with Gasteiger partial charge in [-0.2, -0.15) is 0 Å². The van der Waals surface area contributed by atoms with Gasteiger partial charge >= 0.3 is 0 Å². The first-order chi connectivity index (χ1) is 10.7. The van der Waals surface area contributed by atoms with Crippen molar-refractivity contribution in [2.24, 2.45) is 0 Å². The summed E-state index contributed by atoms with van der Waals surface area (Å²) in [6.07, 6.45) is 5.01. The molecule has 3 aromatic rings. The third-order valence-corrected chi connectivity index (χ3v) is 3.01. The van der Waals surface area contributed by atoms with Crippen LogP contribution in [0.25, 0.3) is 11.5 Å². The molecule has 0 amide bonds. The maximum absolute atomic E-state index is 12.9. The van der Waals surface area contributed by atoms with Crippen molar-refractivity contribution < 1.29 is 8.81 Å². The van der Waals surface area contributed by atoms with E-state index in [4.69, 9.17) is 4.42 Å². The molecule has 1 aromatic carbocycles. The highest BCUT2D eigenvalue weighted by Crippen LogP contribution is 2.18. The molecule has 0 spiro atoms. The van der Waals surface area contributed by atoms with Crippen LogP contribution in [0.2, 0.25) is 0 Å². The fourth-order valence-corrected chi connectivity index (χ4v) is 2.00. The van der Waals surface area contributed by atoms with Gasteiger partial charge in [-0.3, -0.25) is 14.9 Å². The number of aromatic nitrogens is 4. The maximum Gasteiger partial charge on any atom is 0.247 e. The van der Waals surface area contributed by atoms with Crippen LogP contribution in [0.4, 0.5) is 4.39 Å². The van der Waals surface area contributed by atoms with Crippen LogP contribution in [0.15, 0.2) is 47.3 Å². The number of benzene rings is 1. The van der Waals surface area contributed by atoms with Crippen LogP contribution in [0.5, 0.6) is 0 Å². The van der Waals surface area contributed by atoms with Crippen LogP contribution in [0, 0.1) is 5.82 Å². The largest absolute Gasteiger partial charge is 0.419 e. The molecule has 22 heavy (non-hydrogen) atoms. The van der Waals surface area contributed by atoms with Gasteiger partial charge in [0.2, 0.25) is 11.8 Å². The Morgan fingerprint density at radius 2 is 1.91 bits per heavy atom. The predicted molar refractivity (Wildman–Crippen MR) is 76.9 cm³/mol. The fourth-order valence-electron chi connectivity index (χ4n) is 2.00. The van der Waals surface area contributed by atoms with Gasteiger partial charge in [-0.15, -0.1) is 10.2 Å². The molecule has 0 atom stereocenters. The molecular weight excluding hydrogens is 285 g/mol. The highest BCUT2D eigenvalue weighted by molar-refractivity contribution is 5.51. The van der Waals surface area contributed by atoms with Crippen LogP contribution in [0.1, 0.15) is 11.6 Å². The Kier molecular flexibility index (Phi) is 4.15. The highest BCUT2D eigenvalue weighted by Gasteiger charge is 2.11. The zero-order valence-electron chi connectivity index (χ0n) is 12.0. The van der Waals surface area contributed by atoms with Crippen molar-refractivity contribution in [3.63, 3.8) is 0 Å². The lowest BCUT2D eigenvalue weighted by molar-refractivity contribution is 0.279. The smallest absolute Gasteiger partial charge is 0.247 e. The second kappa shape index (κ2) is 6.40. The van der Waals surface area contributed by atoms with Crippen molar-refractivity contribution in [3.8, 4) is 11.5 Å². The number of nitrogens with zero attached hydrogens (tertiary/aromatic N) is 5. The third kappa shape index (κ3) is 3.50. The van der Waals surface area contributed by atoms with E-state index in [1.807, 2.05) is 11.9 Å². The van der Waals surface area contributed by atoms with E-state index in [0.29, 0.717) is 30.4 Å². The summed E-state index contributed by atoms with van der Waals surface area (Å²) in [4.78, 5) is 10.2. The van der Waals surface area contributed by atoms with Crippen molar-refractivity contribution in [2.75, 3.05) is 7.05 Å². The Morgan fingerprint density at radius 3 is 2.64 bits per heavy atom. The maximum atomic E-state index is 12.9. The molecule has 2 heterocycles. The van der Waals surface area contributed by atoms with Crippen LogP contribution < -0.4 is 0 Å². The minimum atomic E-state index is -0.299. The Hall–Kier alpha value is -2.67.